The van der Waals surface area contributed by atoms with Crippen LogP contribution in [0.25, 0.3) is 6.08 Å². The summed E-state index contributed by atoms with van der Waals surface area (Å²) in [4.78, 5) is 23.0. The van der Waals surface area contributed by atoms with Gasteiger partial charge in [-0.05, 0) is 52.9 Å². The normalized spacial score (nSPS) is 10.7. The highest BCUT2D eigenvalue weighted by Gasteiger charge is 2.08. The van der Waals surface area contributed by atoms with Gasteiger partial charge in [-0.1, -0.05) is 12.1 Å². The van der Waals surface area contributed by atoms with E-state index in [1.165, 1.54) is 6.08 Å². The van der Waals surface area contributed by atoms with Gasteiger partial charge in [0, 0.05) is 6.08 Å². The SMILES string of the molecule is NC(=O)c1ccccc1NC(=O)C=Cc1ccc(I)o1. The Hall–Kier alpha value is -2.09. The molecule has 1 aromatic heterocycles. The lowest BCUT2D eigenvalue weighted by molar-refractivity contribution is -0.111. The van der Waals surface area contributed by atoms with Crippen molar-refractivity contribution in [3.63, 3.8) is 0 Å². The first kappa shape index (κ1) is 14.3. The van der Waals surface area contributed by atoms with Crippen LogP contribution >= 0.6 is 22.6 Å². The highest BCUT2D eigenvalue weighted by molar-refractivity contribution is 14.1. The Morgan fingerprint density at radius 2 is 1.95 bits per heavy atom. The zero-order valence-electron chi connectivity index (χ0n) is 10.3. The van der Waals surface area contributed by atoms with Gasteiger partial charge < -0.3 is 15.5 Å². The molecule has 0 saturated carbocycles. The number of hydrogen-bond acceptors (Lipinski definition) is 3. The molecule has 2 rings (SSSR count). The van der Waals surface area contributed by atoms with Crippen LogP contribution in [0.3, 0.4) is 0 Å². The van der Waals surface area contributed by atoms with E-state index >= 15 is 0 Å². The van der Waals surface area contributed by atoms with E-state index in [1.54, 1.807) is 42.5 Å². The van der Waals surface area contributed by atoms with Gasteiger partial charge in [0.1, 0.15) is 5.76 Å². The number of anilines is 1. The number of carbonyl (C=O) groups is 2. The van der Waals surface area contributed by atoms with Crippen molar-refractivity contribution < 1.29 is 14.0 Å². The molecule has 0 bridgehead atoms. The molecule has 0 spiro atoms. The number of amides is 2. The molecule has 0 unspecified atom stereocenters. The molecular formula is C14H11IN2O3. The van der Waals surface area contributed by atoms with E-state index in [0.29, 0.717) is 11.4 Å². The van der Waals surface area contributed by atoms with Gasteiger partial charge in [-0.2, -0.15) is 0 Å². The largest absolute Gasteiger partial charge is 0.451 e. The number of primary amides is 1. The van der Waals surface area contributed by atoms with Crippen LogP contribution in [-0.4, -0.2) is 11.8 Å². The standard InChI is InChI=1S/C14H11IN2O3/c15-12-7-5-9(20-12)6-8-13(18)17-11-4-2-1-3-10(11)14(16)19/h1-8H,(H2,16,19)(H,17,18). The topological polar surface area (TPSA) is 85.3 Å². The van der Waals surface area contributed by atoms with Crippen LogP contribution in [0.1, 0.15) is 16.1 Å². The molecule has 0 aliphatic rings. The maximum atomic E-state index is 11.8. The van der Waals surface area contributed by atoms with Gasteiger partial charge in [-0.25, -0.2) is 0 Å². The minimum atomic E-state index is -0.592. The van der Waals surface area contributed by atoms with Gasteiger partial charge in [0.25, 0.3) is 5.91 Å². The smallest absolute Gasteiger partial charge is 0.250 e. The summed E-state index contributed by atoms with van der Waals surface area (Å²) in [5.41, 5.74) is 5.88. The van der Waals surface area contributed by atoms with Gasteiger partial charge in [-0.15, -0.1) is 0 Å². The average Bonchev–Trinajstić information content (AvgIpc) is 2.83. The Morgan fingerprint density at radius 1 is 1.20 bits per heavy atom. The molecule has 2 aromatic rings. The Kier molecular flexibility index (Phi) is 4.57. The summed E-state index contributed by atoms with van der Waals surface area (Å²) < 4.78 is 6.03. The highest BCUT2D eigenvalue weighted by atomic mass is 127. The van der Waals surface area contributed by atoms with E-state index in [4.69, 9.17) is 10.2 Å². The quantitative estimate of drug-likeness (QED) is 0.630. The van der Waals surface area contributed by atoms with E-state index in [9.17, 15) is 9.59 Å². The molecule has 2 amide bonds. The van der Waals surface area contributed by atoms with Crippen LogP contribution in [0.5, 0.6) is 0 Å². The fourth-order valence-electron chi connectivity index (χ4n) is 1.56. The summed E-state index contributed by atoms with van der Waals surface area (Å²) >= 11 is 2.04. The highest BCUT2D eigenvalue weighted by Crippen LogP contribution is 2.15. The molecule has 1 aromatic carbocycles. The fourth-order valence-corrected chi connectivity index (χ4v) is 1.99. The fraction of sp³-hybridized carbons (Fsp3) is 0. The Morgan fingerprint density at radius 3 is 2.60 bits per heavy atom. The summed E-state index contributed by atoms with van der Waals surface area (Å²) in [6.07, 6.45) is 2.87. The second-order valence-electron chi connectivity index (χ2n) is 3.87. The third-order valence-corrected chi connectivity index (χ3v) is 3.02. The van der Waals surface area contributed by atoms with Crippen LogP contribution < -0.4 is 11.1 Å². The third-order valence-electron chi connectivity index (χ3n) is 2.44. The first-order chi connectivity index (χ1) is 9.56. The van der Waals surface area contributed by atoms with Crippen LogP contribution in [-0.2, 0) is 4.79 Å². The lowest BCUT2D eigenvalue weighted by atomic mass is 10.1. The first-order valence-corrected chi connectivity index (χ1v) is 6.77. The maximum Gasteiger partial charge on any atom is 0.250 e. The van der Waals surface area contributed by atoms with Crippen molar-refractivity contribution >= 4 is 46.2 Å². The third kappa shape index (κ3) is 3.70. The first-order valence-electron chi connectivity index (χ1n) is 5.69. The monoisotopic (exact) mass is 382 g/mol. The van der Waals surface area contributed by atoms with Crippen molar-refractivity contribution in [1.82, 2.24) is 0 Å². The molecule has 20 heavy (non-hydrogen) atoms. The van der Waals surface area contributed by atoms with E-state index in [-0.39, 0.29) is 11.5 Å². The summed E-state index contributed by atoms with van der Waals surface area (Å²) in [7, 11) is 0. The second-order valence-corrected chi connectivity index (χ2v) is 4.94. The zero-order chi connectivity index (χ0) is 14.5. The molecular weight excluding hydrogens is 371 g/mol. The van der Waals surface area contributed by atoms with Gasteiger partial charge in [-0.3, -0.25) is 9.59 Å². The van der Waals surface area contributed by atoms with Gasteiger partial charge in [0.15, 0.2) is 3.77 Å². The van der Waals surface area contributed by atoms with E-state index in [0.717, 1.165) is 3.77 Å². The molecule has 0 radical (unpaired) electrons. The predicted octanol–water partition coefficient (Wildman–Crippen LogP) is 2.64. The number of halogens is 1. The molecule has 0 fully saturated rings. The molecule has 102 valence electrons. The van der Waals surface area contributed by atoms with Crippen LogP contribution in [0.15, 0.2) is 46.9 Å². The van der Waals surface area contributed by atoms with Crippen molar-refractivity contribution in [3.05, 3.63) is 57.6 Å². The number of nitrogens with one attached hydrogen (secondary N) is 1. The second kappa shape index (κ2) is 6.38. The van der Waals surface area contributed by atoms with Crippen LogP contribution in [0, 0.1) is 3.77 Å². The van der Waals surface area contributed by atoms with Crippen molar-refractivity contribution in [3.8, 4) is 0 Å². The number of nitrogens with two attached hydrogens (primary N) is 1. The molecule has 0 aliphatic heterocycles. The van der Waals surface area contributed by atoms with Gasteiger partial charge in [0.2, 0.25) is 5.91 Å². The van der Waals surface area contributed by atoms with Gasteiger partial charge >= 0.3 is 0 Å². The molecule has 3 N–H and O–H groups in total. The van der Waals surface area contributed by atoms with E-state index in [1.807, 2.05) is 22.6 Å². The molecule has 0 aliphatic carbocycles. The molecule has 0 saturated heterocycles. The summed E-state index contributed by atoms with van der Waals surface area (Å²) in [5, 5.41) is 2.60. The summed E-state index contributed by atoms with van der Waals surface area (Å²) in [6.45, 7) is 0. The zero-order valence-corrected chi connectivity index (χ0v) is 12.5. The molecule has 6 heteroatoms. The van der Waals surface area contributed by atoms with Crippen LogP contribution in [0.2, 0.25) is 0 Å². The van der Waals surface area contributed by atoms with E-state index < -0.39 is 5.91 Å². The Balaban J connectivity index is 2.09. The van der Waals surface area contributed by atoms with Gasteiger partial charge in [0.05, 0.1) is 11.3 Å². The Labute approximate surface area is 129 Å². The average molecular weight is 382 g/mol. The molecule has 0 atom stereocenters. The Bertz CT molecular complexity index is 677. The molecule has 5 nitrogen and oxygen atoms in total. The van der Waals surface area contributed by atoms with E-state index in [2.05, 4.69) is 5.32 Å². The lowest BCUT2D eigenvalue weighted by Crippen LogP contribution is -2.16. The predicted molar refractivity (Wildman–Crippen MR) is 84.0 cm³/mol. The number of furan rings is 1. The maximum absolute atomic E-state index is 11.8. The lowest BCUT2D eigenvalue weighted by Gasteiger charge is -2.06. The minimum absolute atomic E-state index is 0.266. The van der Waals surface area contributed by atoms with Crippen molar-refractivity contribution in [2.45, 2.75) is 0 Å². The number of rotatable bonds is 4. The molecule has 1 heterocycles. The summed E-state index contributed by atoms with van der Waals surface area (Å²) in [5.74, 6) is -0.386. The van der Waals surface area contributed by atoms with Crippen molar-refractivity contribution in [1.29, 1.82) is 0 Å². The number of carbonyl (C=O) groups excluding carboxylic acids is 2. The van der Waals surface area contributed by atoms with Crippen molar-refractivity contribution in [2.24, 2.45) is 5.73 Å². The summed E-state index contributed by atoms with van der Waals surface area (Å²) in [6, 6.07) is 10.1. The van der Waals surface area contributed by atoms with Crippen molar-refractivity contribution in [2.75, 3.05) is 5.32 Å². The number of benzene rings is 1. The van der Waals surface area contributed by atoms with Crippen LogP contribution in [0.4, 0.5) is 5.69 Å². The number of para-hydroxylation sites is 1. The minimum Gasteiger partial charge on any atom is -0.451 e. The number of hydrogen-bond donors (Lipinski definition) is 2.